The zero-order valence-electron chi connectivity index (χ0n) is 18.1. The lowest BCUT2D eigenvalue weighted by Crippen LogP contribution is -2.48. The van der Waals surface area contributed by atoms with Crippen molar-refractivity contribution in [1.82, 2.24) is 4.90 Å². The fourth-order valence-corrected chi connectivity index (χ4v) is 5.76. The molecule has 2 heterocycles. The number of benzene rings is 2. The van der Waals surface area contributed by atoms with Crippen molar-refractivity contribution in [1.29, 1.82) is 0 Å². The first-order chi connectivity index (χ1) is 14.8. The van der Waals surface area contributed by atoms with Gasteiger partial charge in [0, 0.05) is 44.5 Å². The van der Waals surface area contributed by atoms with Gasteiger partial charge in [0.15, 0.2) is 0 Å². The summed E-state index contributed by atoms with van der Waals surface area (Å²) in [7, 11) is -3.17. The summed E-state index contributed by atoms with van der Waals surface area (Å²) < 4.78 is 25.5. The highest BCUT2D eigenvalue weighted by atomic mass is 32.2. The second kappa shape index (κ2) is 8.75. The van der Waals surface area contributed by atoms with Crippen molar-refractivity contribution >= 4 is 33.4 Å². The number of hydrogen-bond acceptors (Lipinski definition) is 4. The molecule has 0 aromatic heterocycles. The molecule has 31 heavy (non-hydrogen) atoms. The smallest absolute Gasteiger partial charge is 0.246 e. The quantitative estimate of drug-likeness (QED) is 0.687. The van der Waals surface area contributed by atoms with Crippen molar-refractivity contribution in [2.24, 2.45) is 0 Å². The SMILES string of the molecule is Cc1cccc(N2CCN(C(=O)/C=C/c3ccc(N4CCCS4(=O)=O)cc3)CC2)c1C. The van der Waals surface area contributed by atoms with E-state index in [9.17, 15) is 13.2 Å². The maximum atomic E-state index is 12.6. The Bertz CT molecular complexity index is 1090. The van der Waals surface area contributed by atoms with E-state index in [4.69, 9.17) is 0 Å². The largest absolute Gasteiger partial charge is 0.368 e. The minimum absolute atomic E-state index is 0.00631. The van der Waals surface area contributed by atoms with Gasteiger partial charge in [0.05, 0.1) is 11.4 Å². The van der Waals surface area contributed by atoms with Gasteiger partial charge in [-0.2, -0.15) is 0 Å². The predicted molar refractivity (Wildman–Crippen MR) is 126 cm³/mol. The zero-order chi connectivity index (χ0) is 22.0. The Labute approximate surface area is 184 Å². The molecular formula is C24H29N3O3S. The van der Waals surface area contributed by atoms with Gasteiger partial charge in [-0.3, -0.25) is 9.10 Å². The van der Waals surface area contributed by atoms with Crippen molar-refractivity contribution in [2.75, 3.05) is 47.7 Å². The van der Waals surface area contributed by atoms with Crippen molar-refractivity contribution < 1.29 is 13.2 Å². The molecule has 6 nitrogen and oxygen atoms in total. The number of aryl methyl sites for hydroxylation is 1. The van der Waals surface area contributed by atoms with Gasteiger partial charge in [0.1, 0.15) is 0 Å². The molecule has 2 aromatic carbocycles. The molecule has 2 aromatic rings. The van der Waals surface area contributed by atoms with Crippen LogP contribution in [0, 0.1) is 13.8 Å². The third kappa shape index (κ3) is 4.61. The normalized spacial score (nSPS) is 18.7. The maximum absolute atomic E-state index is 12.6. The van der Waals surface area contributed by atoms with Crippen molar-refractivity contribution in [2.45, 2.75) is 20.3 Å². The molecule has 0 atom stereocenters. The zero-order valence-corrected chi connectivity index (χ0v) is 18.9. The molecule has 0 saturated carbocycles. The summed E-state index contributed by atoms with van der Waals surface area (Å²) in [6.45, 7) is 7.84. The van der Waals surface area contributed by atoms with E-state index in [-0.39, 0.29) is 11.7 Å². The molecule has 4 rings (SSSR count). The van der Waals surface area contributed by atoms with Crippen LogP contribution in [-0.2, 0) is 14.8 Å². The van der Waals surface area contributed by atoms with Crippen LogP contribution in [0.5, 0.6) is 0 Å². The van der Waals surface area contributed by atoms with E-state index < -0.39 is 10.0 Å². The van der Waals surface area contributed by atoms with Crippen LogP contribution in [0.4, 0.5) is 11.4 Å². The Kier molecular flexibility index (Phi) is 6.05. The number of nitrogens with zero attached hydrogens (tertiary/aromatic N) is 3. The minimum atomic E-state index is -3.17. The van der Waals surface area contributed by atoms with Crippen molar-refractivity contribution in [3.8, 4) is 0 Å². The summed E-state index contributed by atoms with van der Waals surface area (Å²) in [5, 5.41) is 0. The van der Waals surface area contributed by atoms with Crippen LogP contribution in [-0.4, -0.2) is 57.7 Å². The first kappa shape index (κ1) is 21.4. The molecular weight excluding hydrogens is 410 g/mol. The summed E-state index contributed by atoms with van der Waals surface area (Å²) in [4.78, 5) is 16.9. The highest BCUT2D eigenvalue weighted by molar-refractivity contribution is 7.93. The molecule has 7 heteroatoms. The molecule has 0 spiro atoms. The molecule has 0 N–H and O–H groups in total. The number of amides is 1. The van der Waals surface area contributed by atoms with Gasteiger partial charge in [-0.15, -0.1) is 0 Å². The van der Waals surface area contributed by atoms with Crippen LogP contribution in [0.15, 0.2) is 48.5 Å². The lowest BCUT2D eigenvalue weighted by molar-refractivity contribution is -0.126. The summed E-state index contributed by atoms with van der Waals surface area (Å²) >= 11 is 0. The number of anilines is 2. The summed E-state index contributed by atoms with van der Waals surface area (Å²) in [5.41, 5.74) is 5.40. The Morgan fingerprint density at radius 2 is 1.65 bits per heavy atom. The van der Waals surface area contributed by atoms with Crippen LogP contribution < -0.4 is 9.21 Å². The molecule has 0 aliphatic carbocycles. The Balaban J connectivity index is 1.34. The van der Waals surface area contributed by atoms with E-state index in [1.54, 1.807) is 24.3 Å². The lowest BCUT2D eigenvalue weighted by Gasteiger charge is -2.36. The van der Waals surface area contributed by atoms with Gasteiger partial charge < -0.3 is 9.80 Å². The maximum Gasteiger partial charge on any atom is 0.246 e. The topological polar surface area (TPSA) is 60.9 Å². The lowest BCUT2D eigenvalue weighted by atomic mass is 10.1. The van der Waals surface area contributed by atoms with Gasteiger partial charge in [0.2, 0.25) is 15.9 Å². The fourth-order valence-electron chi connectivity index (χ4n) is 4.20. The highest BCUT2D eigenvalue weighted by Crippen LogP contribution is 2.25. The fraction of sp³-hybridized carbons (Fsp3) is 0.375. The minimum Gasteiger partial charge on any atom is -0.368 e. The van der Waals surface area contributed by atoms with Crippen LogP contribution in [0.3, 0.4) is 0 Å². The van der Waals surface area contributed by atoms with Gasteiger partial charge in [-0.05, 0) is 61.2 Å². The Hall–Kier alpha value is -2.80. The molecule has 2 aliphatic rings. The molecule has 2 aliphatic heterocycles. The molecule has 2 fully saturated rings. The van der Waals surface area contributed by atoms with Gasteiger partial charge >= 0.3 is 0 Å². The molecule has 0 unspecified atom stereocenters. The molecule has 0 bridgehead atoms. The number of carbonyl (C=O) groups excluding carboxylic acids is 1. The second-order valence-electron chi connectivity index (χ2n) is 8.20. The van der Waals surface area contributed by atoms with Crippen LogP contribution in [0.2, 0.25) is 0 Å². The number of carbonyl (C=O) groups is 1. The molecule has 1 amide bonds. The standard InChI is InChI=1S/C24H29N3O3S/c1-19-5-3-6-23(20(19)2)25-14-16-26(17-15-25)24(28)12-9-21-7-10-22(11-8-21)27-13-4-18-31(27,29)30/h3,5-12H,4,13-18H2,1-2H3/b12-9+. The number of sulfonamides is 1. The van der Waals surface area contributed by atoms with E-state index in [1.165, 1.54) is 21.1 Å². The van der Waals surface area contributed by atoms with Gasteiger partial charge in [-0.1, -0.05) is 24.3 Å². The van der Waals surface area contributed by atoms with Gasteiger partial charge in [0.25, 0.3) is 0 Å². The number of rotatable bonds is 4. The first-order valence-corrected chi connectivity index (χ1v) is 12.3. The Morgan fingerprint density at radius 3 is 2.29 bits per heavy atom. The van der Waals surface area contributed by atoms with Crippen molar-refractivity contribution in [3.63, 3.8) is 0 Å². The summed E-state index contributed by atoms with van der Waals surface area (Å²) in [6.07, 6.45) is 4.06. The second-order valence-corrected chi connectivity index (χ2v) is 10.2. The van der Waals surface area contributed by atoms with E-state index in [0.717, 1.165) is 18.7 Å². The van der Waals surface area contributed by atoms with Crippen LogP contribution >= 0.6 is 0 Å². The molecule has 164 valence electrons. The third-order valence-corrected chi connectivity index (χ3v) is 8.08. The first-order valence-electron chi connectivity index (χ1n) is 10.7. The average Bonchev–Trinajstić information content (AvgIpc) is 3.13. The third-order valence-electron chi connectivity index (χ3n) is 6.21. The summed E-state index contributed by atoms with van der Waals surface area (Å²) in [5.74, 6) is 0.215. The van der Waals surface area contributed by atoms with Gasteiger partial charge in [-0.25, -0.2) is 8.42 Å². The molecule has 0 radical (unpaired) electrons. The predicted octanol–water partition coefficient (Wildman–Crippen LogP) is 3.21. The Morgan fingerprint density at radius 1 is 0.935 bits per heavy atom. The van der Waals surface area contributed by atoms with Crippen molar-refractivity contribution in [3.05, 3.63) is 65.2 Å². The summed E-state index contributed by atoms with van der Waals surface area (Å²) in [6, 6.07) is 13.7. The van der Waals surface area contributed by atoms with E-state index >= 15 is 0 Å². The highest BCUT2D eigenvalue weighted by Gasteiger charge is 2.28. The monoisotopic (exact) mass is 439 g/mol. The number of hydrogen-bond donors (Lipinski definition) is 0. The number of piperazine rings is 1. The van der Waals surface area contributed by atoms with Crippen LogP contribution in [0.25, 0.3) is 6.08 Å². The van der Waals surface area contributed by atoms with Crippen LogP contribution in [0.1, 0.15) is 23.1 Å². The van der Waals surface area contributed by atoms with E-state index in [0.29, 0.717) is 31.7 Å². The average molecular weight is 440 g/mol. The van der Waals surface area contributed by atoms with E-state index in [1.807, 2.05) is 17.0 Å². The molecule has 2 saturated heterocycles. The van der Waals surface area contributed by atoms with E-state index in [2.05, 4.69) is 36.9 Å².